The molecule has 3 N–H and O–H groups in total. The quantitative estimate of drug-likeness (QED) is 0.507. The lowest BCUT2D eigenvalue weighted by Gasteiger charge is -2.40. The lowest BCUT2D eigenvalue weighted by atomic mass is 9.96. The Morgan fingerprint density at radius 1 is 0.971 bits per heavy atom. The summed E-state index contributed by atoms with van der Waals surface area (Å²) in [6.07, 6.45) is 5.46. The van der Waals surface area contributed by atoms with Crippen LogP contribution in [0.3, 0.4) is 0 Å². The molecule has 5 rings (SSSR count). The normalized spacial score (nSPS) is 20.9. The molecule has 0 spiro atoms. The molecule has 2 saturated heterocycles. The van der Waals surface area contributed by atoms with E-state index in [0.29, 0.717) is 35.3 Å². The number of carbonyl (C=O) groups excluding carboxylic acids is 2. The van der Waals surface area contributed by atoms with Crippen LogP contribution in [0, 0.1) is 6.92 Å². The molecule has 3 aromatic rings. The summed E-state index contributed by atoms with van der Waals surface area (Å²) in [5, 5.41) is 16.0. The molecule has 180 valence electrons. The Morgan fingerprint density at radius 3 is 2.40 bits per heavy atom. The fourth-order valence-corrected chi connectivity index (χ4v) is 5.35. The van der Waals surface area contributed by atoms with E-state index < -0.39 is 0 Å². The maximum absolute atomic E-state index is 12.8. The number of aromatic nitrogens is 1. The van der Waals surface area contributed by atoms with Crippen molar-refractivity contribution in [3.05, 3.63) is 89.1 Å². The monoisotopic (exact) mass is 470 g/mol. The number of hydrogen-bond donors (Lipinski definition) is 3. The summed E-state index contributed by atoms with van der Waals surface area (Å²) in [5.41, 5.74) is 2.71. The van der Waals surface area contributed by atoms with Crippen molar-refractivity contribution < 1.29 is 14.7 Å². The summed E-state index contributed by atoms with van der Waals surface area (Å²) >= 11 is 0. The van der Waals surface area contributed by atoms with Gasteiger partial charge in [-0.15, -0.1) is 0 Å². The second-order valence-corrected chi connectivity index (χ2v) is 9.46. The van der Waals surface area contributed by atoms with Gasteiger partial charge in [0, 0.05) is 42.0 Å². The highest BCUT2D eigenvalue weighted by Gasteiger charge is 2.41. The standard InChI is InChI=1S/C28H30N4O3/c1-18-24(8-5-9-25(18)33)28(35)31-21-14-22-11-12-23(15-21)32(22)26-13-10-20(17-29-26)27(34)30-16-19-6-3-2-4-7-19/h2-10,13,17,21-23,33H,11-12,14-16H2,1H3,(H,30,34)(H,31,35)/t21-,22+,23-. The van der Waals surface area contributed by atoms with Crippen LogP contribution < -0.4 is 15.5 Å². The van der Waals surface area contributed by atoms with Gasteiger partial charge in [0.25, 0.3) is 11.8 Å². The number of phenolic OH excluding ortho intramolecular Hbond substituents is 1. The van der Waals surface area contributed by atoms with Crippen molar-refractivity contribution in [2.75, 3.05) is 4.90 Å². The Bertz CT molecular complexity index is 1200. The van der Waals surface area contributed by atoms with E-state index in [-0.39, 0.29) is 23.6 Å². The van der Waals surface area contributed by atoms with Crippen LogP contribution in [0.5, 0.6) is 5.75 Å². The molecule has 0 aliphatic carbocycles. The number of rotatable bonds is 6. The summed E-state index contributed by atoms with van der Waals surface area (Å²) in [5.74, 6) is 0.737. The highest BCUT2D eigenvalue weighted by molar-refractivity contribution is 5.96. The summed E-state index contributed by atoms with van der Waals surface area (Å²) in [7, 11) is 0. The Morgan fingerprint density at radius 2 is 1.71 bits per heavy atom. The first-order valence-electron chi connectivity index (χ1n) is 12.2. The second-order valence-electron chi connectivity index (χ2n) is 9.46. The number of piperidine rings is 1. The van der Waals surface area contributed by atoms with Gasteiger partial charge >= 0.3 is 0 Å². The molecule has 3 heterocycles. The van der Waals surface area contributed by atoms with Crippen molar-refractivity contribution in [3.8, 4) is 5.75 Å². The molecule has 7 nitrogen and oxygen atoms in total. The predicted octanol–water partition coefficient (Wildman–Crippen LogP) is 3.96. The molecular formula is C28H30N4O3. The Hall–Kier alpha value is -3.87. The highest BCUT2D eigenvalue weighted by Crippen LogP contribution is 2.38. The van der Waals surface area contributed by atoms with Crippen molar-refractivity contribution in [2.45, 2.75) is 57.3 Å². The van der Waals surface area contributed by atoms with E-state index in [4.69, 9.17) is 0 Å². The number of anilines is 1. The number of carbonyl (C=O) groups is 2. The third-order valence-electron chi connectivity index (χ3n) is 7.19. The van der Waals surface area contributed by atoms with Gasteiger partial charge < -0.3 is 20.6 Å². The lowest BCUT2D eigenvalue weighted by Crippen LogP contribution is -2.50. The van der Waals surface area contributed by atoms with E-state index >= 15 is 0 Å². The largest absolute Gasteiger partial charge is 0.508 e. The highest BCUT2D eigenvalue weighted by atomic mass is 16.3. The SMILES string of the molecule is Cc1c(O)cccc1C(=O)N[C@H]1C[C@H]2CC[C@@H](C1)N2c1ccc(C(=O)NCc2ccccc2)cn1. The van der Waals surface area contributed by atoms with Gasteiger partial charge in [-0.05, 0) is 62.4 Å². The van der Waals surface area contributed by atoms with E-state index in [2.05, 4.69) is 20.5 Å². The molecule has 35 heavy (non-hydrogen) atoms. The van der Waals surface area contributed by atoms with Gasteiger partial charge in [-0.2, -0.15) is 0 Å². The summed E-state index contributed by atoms with van der Waals surface area (Å²) < 4.78 is 0. The molecule has 2 bridgehead atoms. The van der Waals surface area contributed by atoms with Gasteiger partial charge in [0.2, 0.25) is 0 Å². The Balaban J connectivity index is 1.20. The number of fused-ring (bicyclic) bond motifs is 2. The minimum absolute atomic E-state index is 0.0843. The number of hydrogen-bond acceptors (Lipinski definition) is 5. The Labute approximate surface area is 205 Å². The van der Waals surface area contributed by atoms with Gasteiger partial charge in [-0.3, -0.25) is 9.59 Å². The van der Waals surface area contributed by atoms with E-state index in [9.17, 15) is 14.7 Å². The molecule has 2 fully saturated rings. The van der Waals surface area contributed by atoms with Crippen LogP contribution in [0.15, 0.2) is 66.9 Å². The van der Waals surface area contributed by atoms with Crippen molar-refractivity contribution in [3.63, 3.8) is 0 Å². The number of phenols is 1. The van der Waals surface area contributed by atoms with Crippen LogP contribution in [-0.2, 0) is 6.54 Å². The van der Waals surface area contributed by atoms with Crippen LogP contribution in [0.25, 0.3) is 0 Å². The fourth-order valence-electron chi connectivity index (χ4n) is 5.35. The number of aromatic hydroxyl groups is 1. The number of amides is 2. The molecule has 2 amide bonds. The average Bonchev–Trinajstić information content (AvgIpc) is 3.14. The van der Waals surface area contributed by atoms with Gasteiger partial charge in [-0.1, -0.05) is 36.4 Å². The molecule has 7 heteroatoms. The van der Waals surface area contributed by atoms with Crippen LogP contribution in [0.4, 0.5) is 5.82 Å². The molecule has 0 radical (unpaired) electrons. The first kappa shape index (κ1) is 22.9. The lowest BCUT2D eigenvalue weighted by molar-refractivity contribution is 0.0923. The third-order valence-corrected chi connectivity index (χ3v) is 7.19. The molecular weight excluding hydrogens is 440 g/mol. The number of nitrogens with zero attached hydrogens (tertiary/aromatic N) is 2. The smallest absolute Gasteiger partial charge is 0.253 e. The van der Waals surface area contributed by atoms with E-state index in [1.54, 1.807) is 31.3 Å². The number of nitrogens with one attached hydrogen (secondary N) is 2. The topological polar surface area (TPSA) is 94.6 Å². The molecule has 2 aromatic carbocycles. The zero-order chi connectivity index (χ0) is 24.4. The van der Waals surface area contributed by atoms with Crippen molar-refractivity contribution in [1.82, 2.24) is 15.6 Å². The summed E-state index contributed by atoms with van der Waals surface area (Å²) in [6, 6.07) is 19.3. The second kappa shape index (κ2) is 9.78. The van der Waals surface area contributed by atoms with Gasteiger partial charge in [0.1, 0.15) is 11.6 Å². The molecule has 0 unspecified atom stereocenters. The zero-order valence-corrected chi connectivity index (χ0v) is 19.8. The zero-order valence-electron chi connectivity index (χ0n) is 19.8. The third kappa shape index (κ3) is 4.85. The van der Waals surface area contributed by atoms with Crippen LogP contribution >= 0.6 is 0 Å². The summed E-state index contributed by atoms with van der Waals surface area (Å²) in [4.78, 5) is 32.3. The van der Waals surface area contributed by atoms with E-state index in [1.807, 2.05) is 42.5 Å². The maximum Gasteiger partial charge on any atom is 0.253 e. The van der Waals surface area contributed by atoms with Crippen LogP contribution in [0.1, 0.15) is 57.5 Å². The maximum atomic E-state index is 12.8. The Kier molecular flexibility index (Phi) is 6.40. The average molecular weight is 471 g/mol. The number of benzene rings is 2. The molecule has 0 saturated carbocycles. The van der Waals surface area contributed by atoms with E-state index in [1.165, 1.54) is 0 Å². The molecule has 1 aromatic heterocycles. The summed E-state index contributed by atoms with van der Waals surface area (Å²) in [6.45, 7) is 2.24. The number of pyridine rings is 1. The minimum Gasteiger partial charge on any atom is -0.508 e. The first-order valence-corrected chi connectivity index (χ1v) is 12.2. The van der Waals surface area contributed by atoms with Crippen LogP contribution in [0.2, 0.25) is 0 Å². The first-order chi connectivity index (χ1) is 17.0. The van der Waals surface area contributed by atoms with Crippen molar-refractivity contribution in [2.24, 2.45) is 0 Å². The van der Waals surface area contributed by atoms with Crippen molar-refractivity contribution in [1.29, 1.82) is 0 Å². The van der Waals surface area contributed by atoms with Crippen LogP contribution in [-0.4, -0.2) is 40.0 Å². The molecule has 2 aliphatic heterocycles. The van der Waals surface area contributed by atoms with E-state index in [0.717, 1.165) is 37.1 Å². The molecule has 2 aliphatic rings. The predicted molar refractivity (Wildman–Crippen MR) is 134 cm³/mol. The fraction of sp³-hybridized carbons (Fsp3) is 0.321. The van der Waals surface area contributed by atoms with Gasteiger partial charge in [-0.25, -0.2) is 4.98 Å². The van der Waals surface area contributed by atoms with Gasteiger partial charge in [0.15, 0.2) is 0 Å². The van der Waals surface area contributed by atoms with Crippen molar-refractivity contribution >= 4 is 17.6 Å². The molecule has 3 atom stereocenters. The van der Waals surface area contributed by atoms with Gasteiger partial charge in [0.05, 0.1) is 5.56 Å². The minimum atomic E-state index is -0.139.